The van der Waals surface area contributed by atoms with Crippen LogP contribution in [0.3, 0.4) is 0 Å². The molecular weight excluding hydrogens is 428 g/mol. The Balaban J connectivity index is 2.29. The number of carbonyl (C=O) groups excluding carboxylic acids is 2. The van der Waals surface area contributed by atoms with E-state index >= 15 is 0 Å². The summed E-state index contributed by atoms with van der Waals surface area (Å²) in [5, 5.41) is 3.08. The summed E-state index contributed by atoms with van der Waals surface area (Å²) in [5.74, 6) is -0.0194. The minimum Gasteiger partial charge on any atom is -0.434 e. The third-order valence-electron chi connectivity index (χ3n) is 6.82. The first-order chi connectivity index (χ1) is 16.4. The van der Waals surface area contributed by atoms with Gasteiger partial charge in [0.15, 0.2) is 6.54 Å². The number of carbonyl (C=O) groups is 2. The zero-order valence-electron chi connectivity index (χ0n) is 22.4. The van der Waals surface area contributed by atoms with Gasteiger partial charge in [-0.3, -0.25) is 4.79 Å². The fourth-order valence-electron chi connectivity index (χ4n) is 4.27. The third kappa shape index (κ3) is 11.9. The van der Waals surface area contributed by atoms with Crippen molar-refractivity contribution in [3.05, 3.63) is 29.3 Å². The number of nitrogens with zero attached hydrogens (tertiary/aromatic N) is 1. The molecule has 1 aromatic carbocycles. The Labute approximate surface area is 208 Å². The minimum absolute atomic E-state index is 0.0194. The lowest BCUT2D eigenvalue weighted by atomic mass is 10.1. The van der Waals surface area contributed by atoms with Crippen LogP contribution in [0.4, 0.5) is 10.5 Å². The van der Waals surface area contributed by atoms with E-state index < -0.39 is 6.16 Å². The highest BCUT2D eigenvalue weighted by atomic mass is 16.7. The molecule has 194 valence electrons. The van der Waals surface area contributed by atoms with Crippen molar-refractivity contribution in [1.82, 2.24) is 0 Å². The Hall–Kier alpha value is -2.08. The summed E-state index contributed by atoms with van der Waals surface area (Å²) in [6.45, 7) is 13.5. The molecule has 1 N–H and O–H groups in total. The predicted molar refractivity (Wildman–Crippen MR) is 140 cm³/mol. The summed E-state index contributed by atoms with van der Waals surface area (Å²) >= 11 is 0. The molecule has 0 heterocycles. The summed E-state index contributed by atoms with van der Waals surface area (Å²) in [4.78, 5) is 24.8. The van der Waals surface area contributed by atoms with Crippen molar-refractivity contribution in [2.45, 2.75) is 92.4 Å². The SMILES string of the molecule is CCCCCCCCCCCOC(=O)OCC[N+](CC)(CC)CC(=O)Nc1c(C)cccc1C. The van der Waals surface area contributed by atoms with E-state index in [1.54, 1.807) is 0 Å². The molecule has 1 amide bonds. The number of ether oxygens (including phenoxy) is 2. The number of hydrogen-bond donors (Lipinski definition) is 1. The number of unbranched alkanes of at least 4 members (excludes halogenated alkanes) is 8. The quantitative estimate of drug-likeness (QED) is 0.144. The molecule has 0 saturated heterocycles. The Kier molecular flexibility index (Phi) is 15.3. The van der Waals surface area contributed by atoms with Crippen molar-refractivity contribution in [2.24, 2.45) is 0 Å². The third-order valence-corrected chi connectivity index (χ3v) is 6.82. The zero-order valence-corrected chi connectivity index (χ0v) is 22.4. The molecule has 0 fully saturated rings. The molecule has 6 heteroatoms. The average molecular weight is 478 g/mol. The number of para-hydroxylation sites is 1. The van der Waals surface area contributed by atoms with Gasteiger partial charge >= 0.3 is 6.16 Å². The maximum atomic E-state index is 12.8. The lowest BCUT2D eigenvalue weighted by Gasteiger charge is -2.35. The minimum atomic E-state index is -0.607. The first kappa shape index (κ1) is 30.0. The van der Waals surface area contributed by atoms with E-state index in [0.29, 0.717) is 24.2 Å². The van der Waals surface area contributed by atoms with E-state index in [0.717, 1.165) is 42.7 Å². The van der Waals surface area contributed by atoms with Gasteiger partial charge in [-0.1, -0.05) is 76.5 Å². The highest BCUT2D eigenvalue weighted by Crippen LogP contribution is 2.20. The van der Waals surface area contributed by atoms with Crippen LogP contribution in [0.25, 0.3) is 0 Å². The standard InChI is InChI=1S/C28H48N2O4/c1-6-9-10-11-12-13-14-15-16-21-33-28(32)34-22-20-30(7-2,8-3)23-26(31)29-27-24(4)18-17-19-25(27)5/h17-19H,6-16,20-23H2,1-5H3/p+1. The van der Waals surface area contributed by atoms with Gasteiger partial charge in [-0.15, -0.1) is 0 Å². The van der Waals surface area contributed by atoms with Gasteiger partial charge in [0.25, 0.3) is 5.91 Å². The van der Waals surface area contributed by atoms with Gasteiger partial charge in [0.05, 0.1) is 19.7 Å². The van der Waals surface area contributed by atoms with Gasteiger partial charge in [-0.2, -0.15) is 0 Å². The number of hydrogen-bond acceptors (Lipinski definition) is 4. The fourth-order valence-corrected chi connectivity index (χ4v) is 4.27. The van der Waals surface area contributed by atoms with Gasteiger partial charge in [0.2, 0.25) is 0 Å². The largest absolute Gasteiger partial charge is 0.508 e. The second-order valence-corrected chi connectivity index (χ2v) is 9.45. The zero-order chi connectivity index (χ0) is 25.2. The molecule has 34 heavy (non-hydrogen) atoms. The molecule has 0 spiro atoms. The maximum absolute atomic E-state index is 12.8. The van der Waals surface area contributed by atoms with Crippen LogP contribution in [0.5, 0.6) is 0 Å². The number of quaternary nitrogens is 1. The van der Waals surface area contributed by atoms with E-state index in [1.165, 1.54) is 44.9 Å². The predicted octanol–water partition coefficient (Wildman–Crippen LogP) is 6.78. The van der Waals surface area contributed by atoms with Gasteiger partial charge in [0.1, 0.15) is 13.2 Å². The molecule has 0 unspecified atom stereocenters. The van der Waals surface area contributed by atoms with Crippen molar-refractivity contribution in [3.8, 4) is 0 Å². The number of benzene rings is 1. The highest BCUT2D eigenvalue weighted by molar-refractivity contribution is 5.93. The number of rotatable bonds is 18. The lowest BCUT2D eigenvalue weighted by molar-refractivity contribution is -0.917. The molecule has 1 aromatic rings. The van der Waals surface area contributed by atoms with E-state index in [4.69, 9.17) is 9.47 Å². The first-order valence-corrected chi connectivity index (χ1v) is 13.4. The molecule has 1 rings (SSSR count). The molecule has 6 nitrogen and oxygen atoms in total. The average Bonchev–Trinajstić information content (AvgIpc) is 2.82. The Bertz CT molecular complexity index is 696. The van der Waals surface area contributed by atoms with Crippen molar-refractivity contribution < 1.29 is 23.5 Å². The van der Waals surface area contributed by atoms with Crippen LogP contribution < -0.4 is 5.32 Å². The molecule has 0 aromatic heterocycles. The smallest absolute Gasteiger partial charge is 0.434 e. The van der Waals surface area contributed by atoms with Crippen molar-refractivity contribution in [3.63, 3.8) is 0 Å². The van der Waals surface area contributed by atoms with Crippen LogP contribution >= 0.6 is 0 Å². The van der Waals surface area contributed by atoms with Crippen molar-refractivity contribution in [2.75, 3.05) is 44.7 Å². The Morgan fingerprint density at radius 2 is 1.32 bits per heavy atom. The molecular formula is C28H49N2O4+. The molecule has 0 aliphatic heterocycles. The van der Waals surface area contributed by atoms with Crippen molar-refractivity contribution in [1.29, 1.82) is 0 Å². The van der Waals surface area contributed by atoms with E-state index in [-0.39, 0.29) is 12.5 Å². The van der Waals surface area contributed by atoms with Crippen molar-refractivity contribution >= 4 is 17.7 Å². The van der Waals surface area contributed by atoms with E-state index in [9.17, 15) is 9.59 Å². The summed E-state index contributed by atoms with van der Waals surface area (Å²) in [6, 6.07) is 5.99. The number of aryl methyl sites for hydroxylation is 2. The van der Waals surface area contributed by atoms with Gasteiger partial charge in [-0.25, -0.2) is 4.79 Å². The van der Waals surface area contributed by atoms with Crippen LogP contribution in [0.1, 0.15) is 89.7 Å². The second-order valence-electron chi connectivity index (χ2n) is 9.45. The number of anilines is 1. The molecule has 0 aliphatic carbocycles. The van der Waals surface area contributed by atoms with E-state index in [1.807, 2.05) is 32.0 Å². The second kappa shape index (κ2) is 17.4. The maximum Gasteiger partial charge on any atom is 0.508 e. The lowest BCUT2D eigenvalue weighted by Crippen LogP contribution is -2.54. The summed E-state index contributed by atoms with van der Waals surface area (Å²) in [6.07, 6.45) is 10.4. The number of amides is 1. The van der Waals surface area contributed by atoms with Crippen LogP contribution in [0.15, 0.2) is 18.2 Å². The summed E-state index contributed by atoms with van der Waals surface area (Å²) in [5.41, 5.74) is 2.99. The van der Waals surface area contributed by atoms with Gasteiger partial charge in [-0.05, 0) is 45.2 Å². The molecule has 0 aliphatic rings. The van der Waals surface area contributed by atoms with Crippen LogP contribution in [-0.4, -0.2) is 55.9 Å². The summed E-state index contributed by atoms with van der Waals surface area (Å²) < 4.78 is 11.1. The van der Waals surface area contributed by atoms with Crippen LogP contribution in [0, 0.1) is 13.8 Å². The molecule has 0 radical (unpaired) electrons. The molecule has 0 saturated carbocycles. The number of nitrogens with one attached hydrogen (secondary N) is 1. The van der Waals surface area contributed by atoms with Gasteiger partial charge in [0, 0.05) is 5.69 Å². The topological polar surface area (TPSA) is 64.6 Å². The highest BCUT2D eigenvalue weighted by Gasteiger charge is 2.28. The molecule has 0 bridgehead atoms. The normalized spacial score (nSPS) is 11.3. The monoisotopic (exact) mass is 477 g/mol. The van der Waals surface area contributed by atoms with Crippen LogP contribution in [-0.2, 0) is 14.3 Å². The molecule has 0 atom stereocenters. The van der Waals surface area contributed by atoms with Gasteiger partial charge < -0.3 is 19.3 Å². The fraction of sp³-hybridized carbons (Fsp3) is 0.714. The Morgan fingerprint density at radius 1 is 0.794 bits per heavy atom. The van der Waals surface area contributed by atoms with Crippen LogP contribution in [0.2, 0.25) is 0 Å². The number of likely N-dealkylation sites (N-methyl/N-ethyl adjacent to an activating group) is 1. The van der Waals surface area contributed by atoms with E-state index in [2.05, 4.69) is 26.1 Å². The first-order valence-electron chi connectivity index (χ1n) is 13.4. The Morgan fingerprint density at radius 3 is 1.88 bits per heavy atom. The summed E-state index contributed by atoms with van der Waals surface area (Å²) in [7, 11) is 0.